The van der Waals surface area contributed by atoms with E-state index in [0.717, 1.165) is 28.2 Å². The maximum Gasteiger partial charge on any atom is 0.357 e. The molecular formula is C32H37FN4O7S4. The van der Waals surface area contributed by atoms with Gasteiger partial charge in [-0.1, -0.05) is 19.6 Å². The van der Waals surface area contributed by atoms with E-state index in [1.807, 2.05) is 0 Å². The van der Waals surface area contributed by atoms with Crippen LogP contribution < -0.4 is 0 Å². The number of methoxy groups -OCH3 is 1. The van der Waals surface area contributed by atoms with Gasteiger partial charge < -0.3 is 25.2 Å². The molecule has 0 amide bonds. The molecule has 16 heteroatoms. The van der Waals surface area contributed by atoms with Crippen LogP contribution in [0, 0.1) is 5.82 Å². The van der Waals surface area contributed by atoms with Crippen LogP contribution in [0.3, 0.4) is 0 Å². The number of aromatic nitrogens is 4. The van der Waals surface area contributed by atoms with Gasteiger partial charge in [0.2, 0.25) is 0 Å². The van der Waals surface area contributed by atoms with E-state index in [-0.39, 0.29) is 41.7 Å². The fraction of sp³-hybridized carbons (Fsp3) is 0.375. The maximum absolute atomic E-state index is 13.0. The zero-order chi connectivity index (χ0) is 34.5. The molecule has 48 heavy (non-hydrogen) atoms. The minimum absolute atomic E-state index is 0. The Morgan fingerprint density at radius 2 is 1.27 bits per heavy atom. The second-order valence-corrected chi connectivity index (χ2v) is 15.1. The Hall–Kier alpha value is -3.35. The first kappa shape index (κ1) is 39.1. The summed E-state index contributed by atoms with van der Waals surface area (Å²) in [6.07, 6.45) is 1.39. The van der Waals surface area contributed by atoms with Crippen LogP contribution in [0.1, 0.15) is 90.0 Å². The fourth-order valence-electron chi connectivity index (χ4n) is 3.99. The van der Waals surface area contributed by atoms with Gasteiger partial charge in [0.15, 0.2) is 31.5 Å². The first-order valence-electron chi connectivity index (χ1n) is 14.1. The number of ketones is 1. The van der Waals surface area contributed by atoms with E-state index >= 15 is 0 Å². The van der Waals surface area contributed by atoms with Crippen molar-refractivity contribution in [3.05, 3.63) is 79.9 Å². The summed E-state index contributed by atoms with van der Waals surface area (Å²) in [6.45, 7) is 5.88. The predicted octanol–water partition coefficient (Wildman–Crippen LogP) is 6.52. The first-order chi connectivity index (χ1) is 22.1. The number of thiazole rings is 4. The molecular weight excluding hydrogens is 700 g/mol. The molecule has 0 spiro atoms. The van der Waals surface area contributed by atoms with E-state index in [2.05, 4.69) is 24.7 Å². The fourth-order valence-corrected chi connectivity index (χ4v) is 7.82. The van der Waals surface area contributed by atoms with Crippen molar-refractivity contribution in [3.8, 4) is 20.0 Å². The average Bonchev–Trinajstić information content (AvgIpc) is 3.84. The van der Waals surface area contributed by atoms with E-state index in [4.69, 9.17) is 0 Å². The Balaban J connectivity index is 0.000000266. The summed E-state index contributed by atoms with van der Waals surface area (Å²) >= 11 is 5.05. The second-order valence-electron chi connectivity index (χ2n) is 11.3. The number of benzene rings is 1. The number of nitrogens with zero attached hydrogens (tertiary/aromatic N) is 4. The molecule has 2 unspecified atom stereocenters. The number of hydrogen-bond acceptors (Lipinski definition) is 15. The van der Waals surface area contributed by atoms with Gasteiger partial charge in [0, 0.05) is 29.6 Å². The molecule has 2 atom stereocenters. The summed E-state index contributed by atoms with van der Waals surface area (Å²) in [7, 11) is 1.24. The van der Waals surface area contributed by atoms with Crippen molar-refractivity contribution < 1.29 is 39.1 Å². The normalized spacial score (nSPS) is 12.8. The molecule has 0 aliphatic rings. The minimum atomic E-state index is -1.42. The summed E-state index contributed by atoms with van der Waals surface area (Å²) in [4.78, 5) is 42.0. The van der Waals surface area contributed by atoms with Crippen LogP contribution in [0.15, 0.2) is 47.4 Å². The van der Waals surface area contributed by atoms with Crippen LogP contribution in [0.5, 0.6) is 0 Å². The third-order valence-corrected chi connectivity index (χ3v) is 10.6. The van der Waals surface area contributed by atoms with Crippen LogP contribution in [-0.2, 0) is 11.2 Å². The quantitative estimate of drug-likeness (QED) is 0.0858. The third-order valence-electron chi connectivity index (χ3n) is 6.57. The maximum atomic E-state index is 13.0. The number of rotatable bonds is 11. The summed E-state index contributed by atoms with van der Waals surface area (Å²) in [5, 5.41) is 46.8. The smallest absolute Gasteiger partial charge is 0.357 e. The molecule has 1 aromatic carbocycles. The van der Waals surface area contributed by atoms with Crippen molar-refractivity contribution in [3.63, 3.8) is 0 Å². The second kappa shape index (κ2) is 16.4. The van der Waals surface area contributed by atoms with Crippen LogP contribution in [0.25, 0.3) is 20.0 Å². The Bertz CT molecular complexity index is 1780. The number of carbonyl (C=O) groups is 2. The summed E-state index contributed by atoms with van der Waals surface area (Å²) in [5.41, 5.74) is -1.81. The first-order valence-corrected chi connectivity index (χ1v) is 17.5. The highest BCUT2D eigenvalue weighted by Crippen LogP contribution is 2.39. The van der Waals surface area contributed by atoms with E-state index in [9.17, 15) is 34.4 Å². The van der Waals surface area contributed by atoms with Gasteiger partial charge >= 0.3 is 5.97 Å². The summed E-state index contributed by atoms with van der Waals surface area (Å²) < 4.78 is 17.7. The molecule has 5 rings (SSSR count). The Morgan fingerprint density at radius 1 is 0.812 bits per heavy atom. The molecule has 4 aromatic heterocycles. The van der Waals surface area contributed by atoms with Crippen molar-refractivity contribution in [2.75, 3.05) is 7.11 Å². The number of hydrogen-bond donors (Lipinski definition) is 4. The molecule has 0 saturated carbocycles. The molecule has 4 N–H and O–H groups in total. The monoisotopic (exact) mass is 736 g/mol. The van der Waals surface area contributed by atoms with Gasteiger partial charge in [-0.25, -0.2) is 29.1 Å². The largest absolute Gasteiger partial charge is 0.464 e. The van der Waals surface area contributed by atoms with Gasteiger partial charge in [-0.15, -0.1) is 45.3 Å². The van der Waals surface area contributed by atoms with Crippen molar-refractivity contribution in [2.24, 2.45) is 0 Å². The molecule has 11 nitrogen and oxygen atoms in total. The number of carbonyl (C=O) groups excluding carboxylic acids is 2. The number of esters is 1. The zero-order valence-corrected chi connectivity index (χ0v) is 29.3. The number of Topliss-reactive ketones (excluding diaryl/α,β-unsaturated/α-hetero) is 1. The van der Waals surface area contributed by atoms with Gasteiger partial charge in [0.25, 0.3) is 0 Å². The number of aliphatic hydroxyl groups excluding tert-OH is 2. The average molecular weight is 737 g/mol. The minimum Gasteiger partial charge on any atom is -0.464 e. The molecule has 0 aliphatic heterocycles. The Kier molecular flexibility index (Phi) is 13.3. The molecule has 0 bridgehead atoms. The highest BCUT2D eigenvalue weighted by atomic mass is 32.1. The Labute approximate surface area is 293 Å². The molecule has 0 aliphatic carbocycles. The van der Waals surface area contributed by atoms with E-state index < -0.39 is 29.4 Å². The molecule has 4 heterocycles. The van der Waals surface area contributed by atoms with E-state index in [1.54, 1.807) is 35.3 Å². The lowest BCUT2D eigenvalue weighted by atomic mass is 9.97. The highest BCUT2D eigenvalue weighted by molar-refractivity contribution is 7.21. The van der Waals surface area contributed by atoms with Gasteiger partial charge in [-0.2, -0.15) is 0 Å². The molecule has 0 fully saturated rings. The van der Waals surface area contributed by atoms with Crippen molar-refractivity contribution >= 4 is 57.1 Å². The van der Waals surface area contributed by atoms with Gasteiger partial charge in [0.05, 0.1) is 28.1 Å². The summed E-state index contributed by atoms with van der Waals surface area (Å²) in [6, 6.07) is 5.98. The van der Waals surface area contributed by atoms with Crippen molar-refractivity contribution in [1.29, 1.82) is 0 Å². The van der Waals surface area contributed by atoms with Gasteiger partial charge in [0.1, 0.15) is 23.7 Å². The molecule has 0 saturated heterocycles. The third kappa shape index (κ3) is 9.63. The number of ether oxygens (including phenoxy) is 1. The zero-order valence-electron chi connectivity index (χ0n) is 26.0. The Morgan fingerprint density at radius 3 is 1.69 bits per heavy atom. The van der Waals surface area contributed by atoms with Gasteiger partial charge in [-0.05, 0) is 51.8 Å². The van der Waals surface area contributed by atoms with Crippen molar-refractivity contribution in [2.45, 2.75) is 71.4 Å². The molecule has 5 aromatic rings. The topological polar surface area (TPSA) is 176 Å². The molecule has 0 radical (unpaired) electrons. The van der Waals surface area contributed by atoms with Gasteiger partial charge in [-0.3, -0.25) is 4.79 Å². The van der Waals surface area contributed by atoms with Crippen LogP contribution in [0.4, 0.5) is 4.39 Å². The van der Waals surface area contributed by atoms with Crippen LogP contribution in [-0.4, -0.2) is 70.4 Å². The van der Waals surface area contributed by atoms with E-state index in [1.165, 1.54) is 69.6 Å². The molecule has 258 valence electrons. The number of aryl methyl sites for hydroxylation is 1. The highest BCUT2D eigenvalue weighted by Gasteiger charge is 2.35. The van der Waals surface area contributed by atoms with Crippen LogP contribution in [0.2, 0.25) is 0 Å². The predicted molar refractivity (Wildman–Crippen MR) is 186 cm³/mol. The summed E-state index contributed by atoms with van der Waals surface area (Å²) in [5.74, 6) is -1.22. The lowest BCUT2D eigenvalue weighted by Crippen LogP contribution is -2.29. The SMILES string of the molecule is C.CC(C)(O)C(O)c1sc(-c2nccs2)nc1C(=O)CCc1ccc(F)cc1.COC(=O)c1nc(-c2nccs2)sc1C(O)C(C)(C)O. The van der Waals surface area contributed by atoms with Crippen LogP contribution >= 0.6 is 45.3 Å². The van der Waals surface area contributed by atoms with E-state index in [0.29, 0.717) is 31.3 Å². The lowest BCUT2D eigenvalue weighted by molar-refractivity contribution is -0.0484. The standard InChI is InChI=1S/C19H19FN2O3S2.C12H14N2O4S2.CH4/c1-19(2,25)16(24)15-14(22-18(27-15)17-21-9-10-26-17)13(23)8-5-11-3-6-12(20)7-4-11;1-12(2,17)8(15)7-6(11(16)18-3)14-10(20-7)9-13-4-5-19-9;/h3-4,6-7,9-10,16,24-25H,5,8H2,1-2H3;4-5,8,15,17H,1-3H3;1H4. The van der Waals surface area contributed by atoms with Crippen molar-refractivity contribution in [1.82, 2.24) is 19.9 Å². The lowest BCUT2D eigenvalue weighted by Gasteiger charge is -2.23. The number of halogens is 1. The number of aliphatic hydroxyl groups is 4.